The number of carbonyl (C=O) groups is 1. The van der Waals surface area contributed by atoms with Crippen LogP contribution in [0.15, 0.2) is 41.4 Å². The van der Waals surface area contributed by atoms with Gasteiger partial charge in [-0.1, -0.05) is 42.1 Å². The van der Waals surface area contributed by atoms with Crippen molar-refractivity contribution in [2.24, 2.45) is 0 Å². The van der Waals surface area contributed by atoms with Crippen LogP contribution >= 0.6 is 11.8 Å². The largest absolute Gasteiger partial charge is 0.468 e. The van der Waals surface area contributed by atoms with Crippen LogP contribution in [0.3, 0.4) is 0 Å². The Labute approximate surface area is 127 Å². The Bertz CT molecular complexity index is 693. The van der Waals surface area contributed by atoms with E-state index in [1.807, 2.05) is 43.3 Å². The van der Waals surface area contributed by atoms with Crippen molar-refractivity contribution in [2.75, 3.05) is 12.9 Å². The summed E-state index contributed by atoms with van der Waals surface area (Å²) in [6, 6.07) is 13.8. The van der Waals surface area contributed by atoms with Gasteiger partial charge in [0.2, 0.25) is 0 Å². The van der Waals surface area contributed by atoms with Gasteiger partial charge in [0, 0.05) is 5.56 Å². The first-order chi connectivity index (χ1) is 10.2. The van der Waals surface area contributed by atoms with Gasteiger partial charge in [-0.3, -0.25) is 4.79 Å². The van der Waals surface area contributed by atoms with E-state index in [0.717, 1.165) is 16.8 Å². The van der Waals surface area contributed by atoms with Gasteiger partial charge in [0.05, 0.1) is 24.1 Å². The average Bonchev–Trinajstić information content (AvgIpc) is 2.52. The molecular weight excluding hydrogens is 284 g/mol. The number of hydrogen-bond acceptors (Lipinski definition) is 5. The van der Waals surface area contributed by atoms with E-state index in [2.05, 4.69) is 15.8 Å². The minimum atomic E-state index is -0.339. The van der Waals surface area contributed by atoms with E-state index in [1.54, 1.807) is 0 Å². The summed E-state index contributed by atoms with van der Waals surface area (Å²) in [5, 5.41) is 9.82. The molecule has 21 heavy (non-hydrogen) atoms. The van der Waals surface area contributed by atoms with Crippen molar-refractivity contribution in [3.63, 3.8) is 0 Å². The average molecular weight is 298 g/mol. The van der Waals surface area contributed by atoms with E-state index in [1.165, 1.54) is 18.9 Å². The zero-order valence-electron chi connectivity index (χ0n) is 11.8. The van der Waals surface area contributed by atoms with E-state index in [4.69, 9.17) is 0 Å². The fraction of sp³-hybridized carbons (Fsp3) is 0.188. The molecule has 1 aromatic heterocycles. The third kappa shape index (κ3) is 3.61. The van der Waals surface area contributed by atoms with Crippen molar-refractivity contribution in [3.8, 4) is 17.3 Å². The molecule has 5 heteroatoms. The second kappa shape index (κ2) is 6.91. The quantitative estimate of drug-likeness (QED) is 0.640. The molecule has 0 amide bonds. The lowest BCUT2D eigenvalue weighted by Crippen LogP contribution is -2.04. The second-order valence-electron chi connectivity index (χ2n) is 4.35. The molecule has 0 N–H and O–H groups in total. The molecular formula is C16H14N2O2S. The van der Waals surface area contributed by atoms with E-state index in [0.29, 0.717) is 10.6 Å². The van der Waals surface area contributed by atoms with Crippen molar-refractivity contribution in [2.45, 2.75) is 11.9 Å². The van der Waals surface area contributed by atoms with Crippen LogP contribution in [0.2, 0.25) is 0 Å². The number of benzene rings is 1. The Morgan fingerprint density at radius 3 is 2.71 bits per heavy atom. The van der Waals surface area contributed by atoms with Crippen LogP contribution < -0.4 is 0 Å². The summed E-state index contributed by atoms with van der Waals surface area (Å²) >= 11 is 1.22. The monoisotopic (exact) mass is 298 g/mol. The molecule has 0 aliphatic rings. The summed E-state index contributed by atoms with van der Waals surface area (Å²) in [6.45, 7) is 1.87. The van der Waals surface area contributed by atoms with Crippen LogP contribution in [0, 0.1) is 18.3 Å². The molecule has 0 saturated carbocycles. The van der Waals surface area contributed by atoms with Gasteiger partial charge in [-0.2, -0.15) is 5.26 Å². The Morgan fingerprint density at radius 2 is 2.10 bits per heavy atom. The highest BCUT2D eigenvalue weighted by Crippen LogP contribution is 2.27. The van der Waals surface area contributed by atoms with Gasteiger partial charge < -0.3 is 4.74 Å². The molecule has 2 aromatic rings. The lowest BCUT2D eigenvalue weighted by atomic mass is 10.1. The molecule has 2 rings (SSSR count). The fourth-order valence-electron chi connectivity index (χ4n) is 1.83. The number of esters is 1. The van der Waals surface area contributed by atoms with Crippen LogP contribution in [0.1, 0.15) is 11.1 Å². The Balaban J connectivity index is 2.40. The maximum Gasteiger partial charge on any atom is 0.316 e. The predicted octanol–water partition coefficient (Wildman–Crippen LogP) is 3.19. The number of aryl methyl sites for hydroxylation is 1. The van der Waals surface area contributed by atoms with Gasteiger partial charge in [0.1, 0.15) is 11.1 Å². The second-order valence-corrected chi connectivity index (χ2v) is 5.31. The maximum atomic E-state index is 11.3. The maximum absolute atomic E-state index is 11.3. The first-order valence-corrected chi connectivity index (χ1v) is 7.31. The summed E-state index contributed by atoms with van der Waals surface area (Å²) < 4.78 is 4.62. The van der Waals surface area contributed by atoms with Gasteiger partial charge >= 0.3 is 5.97 Å². The van der Waals surface area contributed by atoms with E-state index < -0.39 is 0 Å². The third-order valence-corrected chi connectivity index (χ3v) is 3.87. The van der Waals surface area contributed by atoms with Gasteiger partial charge in [0.25, 0.3) is 0 Å². The van der Waals surface area contributed by atoms with Gasteiger partial charge in [-0.05, 0) is 18.6 Å². The first-order valence-electron chi connectivity index (χ1n) is 6.32. The molecule has 4 nitrogen and oxygen atoms in total. The molecule has 0 bridgehead atoms. The summed E-state index contributed by atoms with van der Waals surface area (Å²) in [7, 11) is 1.34. The van der Waals surface area contributed by atoms with Crippen LogP contribution in [0.4, 0.5) is 0 Å². The highest BCUT2D eigenvalue weighted by molar-refractivity contribution is 7.99. The van der Waals surface area contributed by atoms with Crippen LogP contribution in [-0.2, 0) is 9.53 Å². The smallest absolute Gasteiger partial charge is 0.316 e. The molecule has 106 valence electrons. The molecule has 0 aliphatic carbocycles. The number of carbonyl (C=O) groups excluding carboxylic acids is 1. The first kappa shape index (κ1) is 15.1. The van der Waals surface area contributed by atoms with Crippen LogP contribution in [0.25, 0.3) is 11.3 Å². The van der Waals surface area contributed by atoms with Crippen molar-refractivity contribution < 1.29 is 9.53 Å². The number of hydrogen-bond donors (Lipinski definition) is 0. The molecule has 0 saturated heterocycles. The molecule has 1 aromatic carbocycles. The lowest BCUT2D eigenvalue weighted by Gasteiger charge is -2.09. The zero-order valence-corrected chi connectivity index (χ0v) is 12.6. The molecule has 0 unspecified atom stereocenters. The molecule has 0 spiro atoms. The van der Waals surface area contributed by atoms with E-state index in [-0.39, 0.29) is 11.7 Å². The number of nitrogens with zero attached hydrogens (tertiary/aromatic N) is 2. The van der Waals surface area contributed by atoms with E-state index in [9.17, 15) is 10.1 Å². The highest BCUT2D eigenvalue weighted by Gasteiger charge is 2.13. The SMILES string of the molecule is COC(=O)CSc1nc(-c2ccccc2)cc(C)c1C#N. The van der Waals surface area contributed by atoms with Crippen molar-refractivity contribution in [1.29, 1.82) is 5.26 Å². The van der Waals surface area contributed by atoms with Crippen molar-refractivity contribution in [3.05, 3.63) is 47.5 Å². The molecule has 0 fully saturated rings. The Hall–Kier alpha value is -2.32. The summed E-state index contributed by atoms with van der Waals surface area (Å²) in [5.74, 6) is -0.205. The highest BCUT2D eigenvalue weighted by atomic mass is 32.2. The minimum Gasteiger partial charge on any atom is -0.468 e. The normalized spacial score (nSPS) is 9.95. The molecule has 1 heterocycles. The van der Waals surface area contributed by atoms with Gasteiger partial charge in [-0.25, -0.2) is 4.98 Å². The zero-order chi connectivity index (χ0) is 15.2. The van der Waals surface area contributed by atoms with Crippen LogP contribution in [-0.4, -0.2) is 23.8 Å². The van der Waals surface area contributed by atoms with Crippen molar-refractivity contribution >= 4 is 17.7 Å². The van der Waals surface area contributed by atoms with Crippen LogP contribution in [0.5, 0.6) is 0 Å². The number of pyridine rings is 1. The number of thioether (sulfide) groups is 1. The molecule has 0 radical (unpaired) electrons. The topological polar surface area (TPSA) is 63.0 Å². The molecule has 0 atom stereocenters. The Morgan fingerprint density at radius 1 is 1.38 bits per heavy atom. The minimum absolute atomic E-state index is 0.135. The number of methoxy groups -OCH3 is 1. The summed E-state index contributed by atoms with van der Waals surface area (Å²) in [6.07, 6.45) is 0. The molecule has 0 aliphatic heterocycles. The predicted molar refractivity (Wildman–Crippen MR) is 81.9 cm³/mol. The Kier molecular flexibility index (Phi) is 4.96. The lowest BCUT2D eigenvalue weighted by molar-refractivity contribution is -0.137. The number of nitriles is 1. The number of rotatable bonds is 4. The number of ether oxygens (including phenoxy) is 1. The van der Waals surface area contributed by atoms with Crippen molar-refractivity contribution in [1.82, 2.24) is 4.98 Å². The summed E-state index contributed by atoms with van der Waals surface area (Å²) in [5.41, 5.74) is 3.12. The van der Waals surface area contributed by atoms with Gasteiger partial charge in [-0.15, -0.1) is 0 Å². The fourth-order valence-corrected chi connectivity index (χ4v) is 2.71. The van der Waals surface area contributed by atoms with E-state index >= 15 is 0 Å². The standard InChI is InChI=1S/C16H14N2O2S/c1-11-8-14(12-6-4-3-5-7-12)18-16(13(11)9-17)21-10-15(19)20-2/h3-8H,10H2,1-2H3. The van der Waals surface area contributed by atoms with Gasteiger partial charge in [0.15, 0.2) is 0 Å². The summed E-state index contributed by atoms with van der Waals surface area (Å²) in [4.78, 5) is 15.8. The third-order valence-electron chi connectivity index (χ3n) is 2.92. The number of aromatic nitrogens is 1.